The Morgan fingerprint density at radius 2 is 1.82 bits per heavy atom. The van der Waals surface area contributed by atoms with Crippen LogP contribution < -0.4 is 15.4 Å². The van der Waals surface area contributed by atoms with Gasteiger partial charge in [-0.25, -0.2) is 0 Å². The molecule has 2 aromatic carbocycles. The van der Waals surface area contributed by atoms with Gasteiger partial charge in [0.2, 0.25) is 5.91 Å². The molecule has 2 saturated heterocycles. The zero-order chi connectivity index (χ0) is 32.0. The van der Waals surface area contributed by atoms with E-state index in [4.69, 9.17) is 4.74 Å². The number of fused-ring (bicyclic) bond motifs is 1. The number of methoxy groups -OCH3 is 1. The van der Waals surface area contributed by atoms with Crippen molar-refractivity contribution in [3.63, 3.8) is 0 Å². The molecule has 0 saturated carbocycles. The van der Waals surface area contributed by atoms with Crippen molar-refractivity contribution in [2.24, 2.45) is 0 Å². The highest BCUT2D eigenvalue weighted by molar-refractivity contribution is 7.98. The lowest BCUT2D eigenvalue weighted by molar-refractivity contribution is -0.140. The molecule has 242 valence electrons. The van der Waals surface area contributed by atoms with Gasteiger partial charge >= 0.3 is 6.18 Å². The van der Waals surface area contributed by atoms with Gasteiger partial charge in [-0.2, -0.15) is 13.2 Å². The predicted octanol–water partition coefficient (Wildman–Crippen LogP) is 5.26. The molecule has 3 N–H and O–H groups in total. The molecule has 3 heterocycles. The lowest BCUT2D eigenvalue weighted by atomic mass is 10.0. The van der Waals surface area contributed by atoms with Crippen LogP contribution in [0.2, 0.25) is 0 Å². The normalized spacial score (nSPS) is 16.8. The molecule has 0 unspecified atom stereocenters. The van der Waals surface area contributed by atoms with Crippen molar-refractivity contribution in [2.45, 2.75) is 55.4 Å². The number of carbonyl (C=O) groups excluding carboxylic acids is 1. The molecule has 2 aliphatic heterocycles. The minimum Gasteiger partial charge on any atom is -0.495 e. The number of nitrogens with one attached hydrogen (secondary N) is 2. The number of rotatable bonds is 9. The SMILES string of the molecule is COc1cc(SC)ccc1NCC#Cc1cc2c(NC3CCN(CC(=O)N4CCC(O)CC4)CC3)cccc2n1CC(F)(F)F. The predicted molar refractivity (Wildman–Crippen MR) is 173 cm³/mol. The summed E-state index contributed by atoms with van der Waals surface area (Å²) in [6, 6.07) is 13.0. The first-order chi connectivity index (χ1) is 21.6. The Balaban J connectivity index is 1.26. The van der Waals surface area contributed by atoms with Crippen LogP contribution >= 0.6 is 11.8 Å². The maximum Gasteiger partial charge on any atom is 0.406 e. The number of carbonyl (C=O) groups is 1. The van der Waals surface area contributed by atoms with Crippen molar-refractivity contribution in [3.8, 4) is 17.6 Å². The van der Waals surface area contributed by atoms with Crippen LogP contribution in [0.25, 0.3) is 10.9 Å². The average molecular weight is 644 g/mol. The molecule has 5 rings (SSSR count). The number of halogens is 3. The van der Waals surface area contributed by atoms with E-state index in [-0.39, 0.29) is 24.6 Å². The van der Waals surface area contributed by atoms with Gasteiger partial charge in [-0.15, -0.1) is 11.8 Å². The molecule has 1 amide bonds. The van der Waals surface area contributed by atoms with Crippen LogP contribution in [-0.2, 0) is 11.3 Å². The third-order valence-electron chi connectivity index (χ3n) is 8.40. The van der Waals surface area contributed by atoms with Gasteiger partial charge in [-0.05, 0) is 74.3 Å². The number of hydrogen-bond donors (Lipinski definition) is 3. The standard InChI is InChI=1S/C33H40F3N5O3S/c1-44-31-20-26(45-2)8-9-29(31)37-14-4-5-24-19-27-28(6-3-7-30(27)41(24)22-33(34,35)36)38-23-10-15-39(16-11-23)21-32(43)40-17-12-25(42)13-18-40/h3,6-9,19-20,23,25,37-38,42H,10-18,21-22H2,1-2H3. The van der Waals surface area contributed by atoms with Gasteiger partial charge in [0.05, 0.1) is 43.2 Å². The summed E-state index contributed by atoms with van der Waals surface area (Å²) in [4.78, 5) is 17.8. The lowest BCUT2D eigenvalue weighted by Gasteiger charge is -2.35. The highest BCUT2D eigenvalue weighted by atomic mass is 32.2. The number of hydrogen-bond acceptors (Lipinski definition) is 7. The zero-order valence-electron chi connectivity index (χ0n) is 25.6. The maximum atomic E-state index is 13.7. The van der Waals surface area contributed by atoms with Crippen molar-refractivity contribution in [1.82, 2.24) is 14.4 Å². The van der Waals surface area contributed by atoms with E-state index in [0.717, 1.165) is 42.2 Å². The van der Waals surface area contributed by atoms with E-state index in [1.165, 1.54) is 4.57 Å². The second-order valence-corrected chi connectivity index (χ2v) is 12.4. The lowest BCUT2D eigenvalue weighted by Crippen LogP contribution is -2.47. The van der Waals surface area contributed by atoms with Crippen LogP contribution in [0.1, 0.15) is 31.4 Å². The number of amides is 1. The number of alkyl halides is 3. The monoisotopic (exact) mass is 643 g/mol. The Morgan fingerprint density at radius 3 is 2.51 bits per heavy atom. The number of nitrogens with zero attached hydrogens (tertiary/aromatic N) is 3. The number of aliphatic hydroxyl groups is 1. The number of likely N-dealkylation sites (tertiary alicyclic amines) is 2. The first-order valence-electron chi connectivity index (χ1n) is 15.2. The van der Waals surface area contributed by atoms with Crippen LogP contribution in [0.15, 0.2) is 47.4 Å². The van der Waals surface area contributed by atoms with Crippen LogP contribution in [0, 0.1) is 11.8 Å². The summed E-state index contributed by atoms with van der Waals surface area (Å²) in [6.07, 6.45) is 0.127. The summed E-state index contributed by atoms with van der Waals surface area (Å²) >= 11 is 1.60. The Labute approximate surface area is 266 Å². The van der Waals surface area contributed by atoms with Gasteiger partial charge in [-0.1, -0.05) is 12.0 Å². The van der Waals surface area contributed by atoms with Crippen molar-refractivity contribution in [3.05, 3.63) is 48.2 Å². The van der Waals surface area contributed by atoms with E-state index in [2.05, 4.69) is 27.4 Å². The summed E-state index contributed by atoms with van der Waals surface area (Å²) < 4.78 is 47.7. The van der Waals surface area contributed by atoms with E-state index < -0.39 is 12.7 Å². The van der Waals surface area contributed by atoms with Crippen molar-refractivity contribution in [1.29, 1.82) is 0 Å². The smallest absolute Gasteiger partial charge is 0.406 e. The fourth-order valence-electron chi connectivity index (χ4n) is 5.94. The summed E-state index contributed by atoms with van der Waals surface area (Å²) in [5, 5.41) is 17.2. The van der Waals surface area contributed by atoms with Crippen LogP contribution in [0.4, 0.5) is 24.5 Å². The molecule has 0 aliphatic carbocycles. The van der Waals surface area contributed by atoms with Gasteiger partial charge in [0.15, 0.2) is 0 Å². The number of ether oxygens (including phenoxy) is 1. The van der Waals surface area contributed by atoms with E-state index in [1.807, 2.05) is 35.4 Å². The first-order valence-corrected chi connectivity index (χ1v) is 16.4. The summed E-state index contributed by atoms with van der Waals surface area (Å²) in [5.74, 6) is 6.72. The molecule has 1 aromatic heterocycles. The van der Waals surface area contributed by atoms with Crippen molar-refractivity contribution < 1.29 is 27.8 Å². The van der Waals surface area contributed by atoms with Crippen LogP contribution in [0.5, 0.6) is 5.75 Å². The third kappa shape index (κ3) is 8.60. The van der Waals surface area contributed by atoms with Gasteiger partial charge in [0.25, 0.3) is 0 Å². The summed E-state index contributed by atoms with van der Waals surface area (Å²) in [7, 11) is 1.59. The van der Waals surface area contributed by atoms with Gasteiger partial charge < -0.3 is 29.9 Å². The number of anilines is 2. The molecule has 2 fully saturated rings. The molecule has 0 radical (unpaired) electrons. The van der Waals surface area contributed by atoms with E-state index in [1.54, 1.807) is 37.1 Å². The molecule has 3 aromatic rings. The van der Waals surface area contributed by atoms with Crippen LogP contribution in [-0.4, -0.2) is 96.3 Å². The Kier molecular flexibility index (Phi) is 10.7. The molecule has 12 heteroatoms. The minimum absolute atomic E-state index is 0.0977. The highest BCUT2D eigenvalue weighted by Gasteiger charge is 2.30. The van der Waals surface area contributed by atoms with Gasteiger partial charge in [-0.3, -0.25) is 9.69 Å². The van der Waals surface area contributed by atoms with Gasteiger partial charge in [0.1, 0.15) is 12.3 Å². The van der Waals surface area contributed by atoms with E-state index >= 15 is 0 Å². The number of aliphatic hydroxyl groups excluding tert-OH is 1. The Hall–Kier alpha value is -3.53. The molecule has 2 aliphatic rings. The molecule has 0 bridgehead atoms. The molecule has 0 spiro atoms. The largest absolute Gasteiger partial charge is 0.495 e. The zero-order valence-corrected chi connectivity index (χ0v) is 26.4. The number of benzene rings is 2. The maximum absolute atomic E-state index is 13.7. The van der Waals surface area contributed by atoms with Crippen molar-refractivity contribution in [2.75, 3.05) is 63.3 Å². The Morgan fingerprint density at radius 1 is 1.07 bits per heavy atom. The Bertz CT molecular complexity index is 1530. The number of aromatic nitrogens is 1. The molecular formula is C33H40F3N5O3S. The fourth-order valence-corrected chi connectivity index (χ4v) is 6.37. The molecule has 8 nitrogen and oxygen atoms in total. The topological polar surface area (TPSA) is 82.0 Å². The van der Waals surface area contributed by atoms with Crippen LogP contribution in [0.3, 0.4) is 0 Å². The summed E-state index contributed by atoms with van der Waals surface area (Å²) in [6.45, 7) is 2.15. The highest BCUT2D eigenvalue weighted by Crippen LogP contribution is 2.32. The van der Waals surface area contributed by atoms with Crippen molar-refractivity contribution >= 4 is 39.9 Å². The number of thioether (sulfide) groups is 1. The third-order valence-corrected chi connectivity index (χ3v) is 9.12. The number of piperidine rings is 2. The summed E-state index contributed by atoms with van der Waals surface area (Å²) in [5.41, 5.74) is 2.29. The molecule has 45 heavy (non-hydrogen) atoms. The second kappa shape index (κ2) is 14.7. The minimum atomic E-state index is -4.41. The second-order valence-electron chi connectivity index (χ2n) is 11.5. The van der Waals surface area contributed by atoms with E-state index in [0.29, 0.717) is 54.8 Å². The molecule has 0 atom stereocenters. The fraction of sp³-hybridized carbons (Fsp3) is 0.485. The van der Waals surface area contributed by atoms with E-state index in [9.17, 15) is 23.1 Å². The first kappa shape index (κ1) is 32.9. The quantitative estimate of drug-likeness (QED) is 0.217. The van der Waals surface area contributed by atoms with Gasteiger partial charge in [0, 0.05) is 48.2 Å². The molecular weight excluding hydrogens is 603 g/mol. The average Bonchev–Trinajstić information content (AvgIpc) is 3.37.